The maximum Gasteiger partial charge on any atom is 0.118 e. The number of rotatable bonds is 3. The molecule has 0 unspecified atom stereocenters. The Morgan fingerprint density at radius 1 is 1.33 bits per heavy atom. The lowest BCUT2D eigenvalue weighted by Gasteiger charge is -2.02. The maximum atomic E-state index is 5.10. The average Bonchev–Trinajstić information content (AvgIpc) is 2.66. The van der Waals surface area contributed by atoms with Crippen molar-refractivity contribution >= 4 is 0 Å². The summed E-state index contributed by atoms with van der Waals surface area (Å²) in [6, 6.07) is 8.01. The van der Waals surface area contributed by atoms with Crippen molar-refractivity contribution in [2.45, 2.75) is 6.42 Å². The van der Waals surface area contributed by atoms with Gasteiger partial charge in [-0.15, -0.1) is 0 Å². The average molecular weight is 201 g/mol. The summed E-state index contributed by atoms with van der Waals surface area (Å²) in [5, 5.41) is 6.79. The molecule has 1 N–H and O–H groups in total. The van der Waals surface area contributed by atoms with Crippen molar-refractivity contribution in [2.24, 2.45) is 0 Å². The van der Waals surface area contributed by atoms with Crippen LogP contribution in [0.3, 0.4) is 0 Å². The van der Waals surface area contributed by atoms with Crippen molar-refractivity contribution in [3.63, 3.8) is 0 Å². The Labute approximate surface area is 89.1 Å². The Balaban J connectivity index is 2.14. The largest absolute Gasteiger partial charge is 0.497 e. The highest BCUT2D eigenvalue weighted by molar-refractivity contribution is 5.32. The zero-order chi connectivity index (χ0) is 10.7. The van der Waals surface area contributed by atoms with Gasteiger partial charge in [0.1, 0.15) is 5.75 Å². The van der Waals surface area contributed by atoms with Gasteiger partial charge in [0.2, 0.25) is 0 Å². The summed E-state index contributed by atoms with van der Waals surface area (Å²) in [5.74, 6) is 0.876. The van der Waals surface area contributed by atoms with Gasteiger partial charge in [-0.25, -0.2) is 0 Å². The quantitative estimate of drug-likeness (QED) is 0.826. The summed E-state index contributed by atoms with van der Waals surface area (Å²) in [5.41, 5.74) is 3.16. The molecule has 0 aliphatic rings. The number of benzene rings is 1. The molecule has 0 spiro atoms. The van der Waals surface area contributed by atoms with E-state index < -0.39 is 0 Å². The Hall–Kier alpha value is -1.77. The van der Waals surface area contributed by atoms with Crippen LogP contribution in [0.15, 0.2) is 30.5 Å². The van der Waals surface area contributed by atoms with Gasteiger partial charge in [0.25, 0.3) is 0 Å². The second kappa shape index (κ2) is 4.17. The predicted octanol–water partition coefficient (Wildman–Crippen LogP) is 2.19. The van der Waals surface area contributed by atoms with Gasteiger partial charge in [0.15, 0.2) is 0 Å². The molecule has 0 aliphatic carbocycles. The molecule has 1 aromatic heterocycles. The fourth-order valence-corrected chi connectivity index (χ4v) is 1.46. The van der Waals surface area contributed by atoms with E-state index in [0.29, 0.717) is 0 Å². The Morgan fingerprint density at radius 3 is 2.60 bits per heavy atom. The molecule has 0 amide bonds. The molecule has 2 rings (SSSR count). The van der Waals surface area contributed by atoms with Crippen LogP contribution in [0, 0.1) is 6.92 Å². The van der Waals surface area contributed by atoms with Crippen molar-refractivity contribution in [3.05, 3.63) is 54.2 Å². The van der Waals surface area contributed by atoms with Crippen LogP contribution in [0.5, 0.6) is 5.75 Å². The highest BCUT2D eigenvalue weighted by atomic mass is 16.5. The third kappa shape index (κ3) is 2.18. The minimum atomic E-state index is 0.811. The lowest BCUT2D eigenvalue weighted by Crippen LogP contribution is -1.89. The van der Waals surface area contributed by atoms with E-state index in [0.717, 1.165) is 23.4 Å². The number of hydrogen-bond acceptors (Lipinski definition) is 2. The molecule has 0 saturated heterocycles. The van der Waals surface area contributed by atoms with Gasteiger partial charge >= 0.3 is 0 Å². The van der Waals surface area contributed by atoms with Gasteiger partial charge in [0, 0.05) is 12.6 Å². The van der Waals surface area contributed by atoms with E-state index in [1.807, 2.05) is 30.5 Å². The summed E-state index contributed by atoms with van der Waals surface area (Å²) < 4.78 is 5.10. The Bertz CT molecular complexity index is 431. The minimum Gasteiger partial charge on any atom is -0.497 e. The number of nitrogens with zero attached hydrogens (tertiary/aromatic N) is 1. The smallest absolute Gasteiger partial charge is 0.118 e. The van der Waals surface area contributed by atoms with E-state index >= 15 is 0 Å². The zero-order valence-electron chi connectivity index (χ0n) is 8.66. The van der Waals surface area contributed by atoms with Gasteiger partial charge in [-0.3, -0.25) is 5.10 Å². The topological polar surface area (TPSA) is 37.9 Å². The summed E-state index contributed by atoms with van der Waals surface area (Å²) in [6.07, 6.45) is 2.73. The van der Waals surface area contributed by atoms with Gasteiger partial charge in [0.05, 0.1) is 12.8 Å². The van der Waals surface area contributed by atoms with Crippen molar-refractivity contribution in [2.75, 3.05) is 7.11 Å². The van der Waals surface area contributed by atoms with Crippen LogP contribution in [0.2, 0.25) is 0 Å². The molecule has 0 bridgehead atoms. The molecule has 0 atom stereocenters. The number of methoxy groups -OCH3 is 1. The van der Waals surface area contributed by atoms with E-state index in [4.69, 9.17) is 4.74 Å². The van der Waals surface area contributed by atoms with Crippen molar-refractivity contribution < 1.29 is 4.74 Å². The second-order valence-corrected chi connectivity index (χ2v) is 3.38. The second-order valence-electron chi connectivity index (χ2n) is 3.38. The normalized spacial score (nSPS) is 10.3. The molecular weight excluding hydrogens is 188 g/mol. The molecule has 77 valence electrons. The summed E-state index contributed by atoms with van der Waals surface area (Å²) in [4.78, 5) is 0. The first-order valence-corrected chi connectivity index (χ1v) is 4.77. The summed E-state index contributed by atoms with van der Waals surface area (Å²) >= 11 is 0. The first-order valence-electron chi connectivity index (χ1n) is 4.77. The number of H-pyrrole nitrogens is 1. The Kier molecular flexibility index (Phi) is 2.72. The van der Waals surface area contributed by atoms with Crippen LogP contribution in [0.4, 0.5) is 0 Å². The summed E-state index contributed by atoms with van der Waals surface area (Å²) in [7, 11) is 1.67. The van der Waals surface area contributed by atoms with Gasteiger partial charge in [-0.1, -0.05) is 12.1 Å². The molecule has 2 aromatic rings. The number of aromatic nitrogens is 2. The summed E-state index contributed by atoms with van der Waals surface area (Å²) in [6.45, 7) is 3.84. The van der Waals surface area contributed by atoms with Crippen molar-refractivity contribution in [1.82, 2.24) is 10.2 Å². The first kappa shape index (κ1) is 9.77. The third-order valence-corrected chi connectivity index (χ3v) is 2.36. The van der Waals surface area contributed by atoms with Gasteiger partial charge in [-0.2, -0.15) is 5.10 Å². The van der Waals surface area contributed by atoms with E-state index in [9.17, 15) is 0 Å². The number of aromatic amines is 1. The van der Waals surface area contributed by atoms with Crippen LogP contribution in [-0.2, 0) is 6.42 Å². The molecule has 1 radical (unpaired) electrons. The van der Waals surface area contributed by atoms with Gasteiger partial charge in [-0.05, 0) is 30.2 Å². The highest BCUT2D eigenvalue weighted by Gasteiger charge is 2.02. The van der Waals surface area contributed by atoms with E-state index in [2.05, 4.69) is 17.1 Å². The third-order valence-electron chi connectivity index (χ3n) is 2.36. The van der Waals surface area contributed by atoms with Crippen LogP contribution < -0.4 is 4.74 Å². The minimum absolute atomic E-state index is 0.811. The standard InChI is InChI=1S/C12H13N2O/c1-9-11(8-13-14-9)7-10-3-5-12(15-2)6-4-10/h3-6,8H,1,7H2,2H3,(H,13,14). The van der Waals surface area contributed by atoms with Crippen LogP contribution >= 0.6 is 0 Å². The molecule has 0 fully saturated rings. The molecule has 0 aliphatic heterocycles. The fraction of sp³-hybridized carbons (Fsp3) is 0.167. The zero-order valence-corrected chi connectivity index (χ0v) is 8.66. The van der Waals surface area contributed by atoms with Crippen molar-refractivity contribution in [1.29, 1.82) is 0 Å². The molecular formula is C12H13N2O. The lowest BCUT2D eigenvalue weighted by atomic mass is 10.1. The predicted molar refractivity (Wildman–Crippen MR) is 58.8 cm³/mol. The molecule has 3 nitrogen and oxygen atoms in total. The molecule has 1 heterocycles. The maximum absolute atomic E-state index is 5.10. The molecule has 3 heteroatoms. The van der Waals surface area contributed by atoms with E-state index in [1.54, 1.807) is 7.11 Å². The first-order chi connectivity index (χ1) is 7.29. The van der Waals surface area contributed by atoms with Gasteiger partial charge < -0.3 is 4.74 Å². The van der Waals surface area contributed by atoms with Crippen LogP contribution in [-0.4, -0.2) is 17.3 Å². The lowest BCUT2D eigenvalue weighted by molar-refractivity contribution is 0.414. The monoisotopic (exact) mass is 201 g/mol. The number of ether oxygens (including phenoxy) is 1. The van der Waals surface area contributed by atoms with E-state index in [-0.39, 0.29) is 0 Å². The number of nitrogens with one attached hydrogen (secondary N) is 1. The Morgan fingerprint density at radius 2 is 2.07 bits per heavy atom. The SMILES string of the molecule is [CH2]c1n[nH]cc1Cc1ccc(OC)cc1. The molecule has 1 aromatic carbocycles. The van der Waals surface area contributed by atoms with Crippen LogP contribution in [0.1, 0.15) is 16.8 Å². The number of hydrogen-bond donors (Lipinski definition) is 1. The fourth-order valence-electron chi connectivity index (χ4n) is 1.46. The van der Waals surface area contributed by atoms with E-state index in [1.165, 1.54) is 5.56 Å². The highest BCUT2D eigenvalue weighted by Crippen LogP contribution is 2.15. The van der Waals surface area contributed by atoms with Crippen LogP contribution in [0.25, 0.3) is 0 Å². The molecule has 0 saturated carbocycles. The molecule has 15 heavy (non-hydrogen) atoms. The van der Waals surface area contributed by atoms with Crippen molar-refractivity contribution in [3.8, 4) is 5.75 Å².